The lowest BCUT2D eigenvalue weighted by molar-refractivity contribution is 0.745. The molecule has 1 aliphatic heterocycles. The Balaban J connectivity index is 1.20. The maximum Gasteiger partial charge on any atom is 0.164 e. The highest BCUT2D eigenvalue weighted by Gasteiger charge is 2.39. The largest absolute Gasteiger partial charge is 0.333 e. The van der Waals surface area contributed by atoms with Crippen LogP contribution in [0.2, 0.25) is 0 Å². The minimum absolute atomic E-state index is 0.107. The number of nitrogens with zero attached hydrogens (tertiary/aromatic N) is 5. The minimum Gasteiger partial charge on any atom is -0.333 e. The molecule has 0 spiro atoms. The van der Waals surface area contributed by atoms with E-state index < -0.39 is 0 Å². The third kappa shape index (κ3) is 4.93. The van der Waals surface area contributed by atoms with Crippen molar-refractivity contribution < 1.29 is 0 Å². The molecule has 0 N–H and O–H groups in total. The maximum atomic E-state index is 5.24. The van der Waals surface area contributed by atoms with Crippen LogP contribution in [0.15, 0.2) is 176 Å². The third-order valence-corrected chi connectivity index (χ3v) is 10.0. The number of pyridine rings is 1. The van der Waals surface area contributed by atoms with Crippen molar-refractivity contribution in [2.45, 2.75) is 12.0 Å². The minimum atomic E-state index is 0.107. The van der Waals surface area contributed by atoms with Crippen molar-refractivity contribution in [1.29, 1.82) is 0 Å². The molecule has 51 heavy (non-hydrogen) atoms. The number of rotatable bonds is 5. The van der Waals surface area contributed by atoms with Gasteiger partial charge in [-0.05, 0) is 23.8 Å². The highest BCUT2D eigenvalue weighted by atomic mass is 15.2. The molecule has 8 aromatic rings. The van der Waals surface area contributed by atoms with Gasteiger partial charge in [0.15, 0.2) is 17.5 Å². The van der Waals surface area contributed by atoms with Crippen molar-refractivity contribution in [3.63, 3.8) is 0 Å². The summed E-state index contributed by atoms with van der Waals surface area (Å²) < 4.78 is 0. The quantitative estimate of drug-likeness (QED) is 0.173. The molecule has 5 nitrogen and oxygen atoms in total. The SMILES string of the molecule is C1=CC2c3ccc4c(-c5ccccc5)nc5ccccc5c4c3N(c3cccc(-c4nc(-c5ccccc5)nc(-c5ccccc5)n4)c3)C2C=C1. The first-order valence-corrected chi connectivity index (χ1v) is 17.3. The van der Waals surface area contributed by atoms with Crippen LogP contribution >= 0.6 is 0 Å². The molecular weight excluding hydrogens is 623 g/mol. The molecule has 0 radical (unpaired) electrons. The van der Waals surface area contributed by atoms with Gasteiger partial charge in [-0.25, -0.2) is 19.9 Å². The zero-order chi connectivity index (χ0) is 33.7. The van der Waals surface area contributed by atoms with Crippen LogP contribution in [0, 0.1) is 0 Å². The number of hydrogen-bond donors (Lipinski definition) is 0. The van der Waals surface area contributed by atoms with E-state index in [4.69, 9.17) is 19.9 Å². The second kappa shape index (κ2) is 12.0. The molecular formula is C46H31N5. The van der Waals surface area contributed by atoms with Gasteiger partial charge in [-0.3, -0.25) is 0 Å². The second-order valence-electron chi connectivity index (χ2n) is 13.0. The molecule has 0 bridgehead atoms. The normalized spacial score (nSPS) is 16.0. The Kier molecular flexibility index (Phi) is 6.88. The lowest BCUT2D eigenvalue weighted by atomic mass is 9.89. The van der Waals surface area contributed by atoms with Gasteiger partial charge in [0.1, 0.15) is 0 Å². The average Bonchev–Trinajstić information content (AvgIpc) is 3.56. The number of hydrogen-bond acceptors (Lipinski definition) is 5. The summed E-state index contributed by atoms with van der Waals surface area (Å²) in [5, 5.41) is 3.51. The van der Waals surface area contributed by atoms with Crippen molar-refractivity contribution in [2.24, 2.45) is 0 Å². The van der Waals surface area contributed by atoms with E-state index in [2.05, 4.69) is 120 Å². The molecule has 2 unspecified atom stereocenters. The Morgan fingerprint density at radius 1 is 0.451 bits per heavy atom. The first kappa shape index (κ1) is 29.2. The van der Waals surface area contributed by atoms with E-state index in [-0.39, 0.29) is 12.0 Å². The first-order valence-electron chi connectivity index (χ1n) is 17.3. The summed E-state index contributed by atoms with van der Waals surface area (Å²) in [5.41, 5.74) is 9.53. The fourth-order valence-electron chi connectivity index (χ4n) is 7.70. The number of benzene rings is 6. The van der Waals surface area contributed by atoms with E-state index in [1.807, 2.05) is 60.7 Å². The molecule has 3 heterocycles. The van der Waals surface area contributed by atoms with E-state index >= 15 is 0 Å². The van der Waals surface area contributed by atoms with Crippen LogP contribution in [-0.4, -0.2) is 26.0 Å². The summed E-state index contributed by atoms with van der Waals surface area (Å²) in [6, 6.07) is 52.7. The lowest BCUT2D eigenvalue weighted by Gasteiger charge is -2.30. The Morgan fingerprint density at radius 2 is 1.04 bits per heavy atom. The van der Waals surface area contributed by atoms with Gasteiger partial charge in [-0.15, -0.1) is 0 Å². The molecule has 0 saturated heterocycles. The Morgan fingerprint density at radius 3 is 1.75 bits per heavy atom. The predicted molar refractivity (Wildman–Crippen MR) is 208 cm³/mol. The number of anilines is 2. The summed E-state index contributed by atoms with van der Waals surface area (Å²) in [7, 11) is 0. The van der Waals surface area contributed by atoms with Gasteiger partial charge in [-0.2, -0.15) is 0 Å². The van der Waals surface area contributed by atoms with Crippen LogP contribution in [0.1, 0.15) is 11.5 Å². The fraction of sp³-hybridized carbons (Fsp3) is 0.0435. The Bertz CT molecular complexity index is 2590. The molecule has 6 aromatic carbocycles. The molecule has 2 atom stereocenters. The van der Waals surface area contributed by atoms with Gasteiger partial charge in [-0.1, -0.05) is 158 Å². The van der Waals surface area contributed by atoms with Gasteiger partial charge in [0.05, 0.1) is 22.9 Å². The number of allylic oxidation sites excluding steroid dienone is 2. The lowest BCUT2D eigenvalue weighted by Crippen LogP contribution is -2.28. The van der Waals surface area contributed by atoms with Gasteiger partial charge in [0.2, 0.25) is 0 Å². The van der Waals surface area contributed by atoms with Crippen LogP contribution < -0.4 is 4.90 Å². The zero-order valence-corrected chi connectivity index (χ0v) is 27.6. The van der Waals surface area contributed by atoms with Crippen molar-refractivity contribution in [2.75, 3.05) is 4.90 Å². The molecule has 240 valence electrons. The van der Waals surface area contributed by atoms with Crippen LogP contribution in [0.3, 0.4) is 0 Å². The highest BCUT2D eigenvalue weighted by molar-refractivity contribution is 6.18. The number of aromatic nitrogens is 4. The van der Waals surface area contributed by atoms with Crippen LogP contribution in [0.4, 0.5) is 11.4 Å². The van der Waals surface area contributed by atoms with Crippen molar-refractivity contribution >= 4 is 33.1 Å². The molecule has 2 aliphatic rings. The zero-order valence-electron chi connectivity index (χ0n) is 27.6. The topological polar surface area (TPSA) is 54.8 Å². The Labute approximate surface area is 296 Å². The molecule has 0 amide bonds. The fourth-order valence-corrected chi connectivity index (χ4v) is 7.70. The second-order valence-corrected chi connectivity index (χ2v) is 13.0. The molecule has 10 rings (SSSR count). The molecule has 2 aromatic heterocycles. The van der Waals surface area contributed by atoms with E-state index in [9.17, 15) is 0 Å². The van der Waals surface area contributed by atoms with E-state index in [1.54, 1.807) is 0 Å². The van der Waals surface area contributed by atoms with Gasteiger partial charge in [0.25, 0.3) is 0 Å². The molecule has 5 heteroatoms. The highest BCUT2D eigenvalue weighted by Crippen LogP contribution is 2.53. The Hall–Kier alpha value is -6.72. The predicted octanol–water partition coefficient (Wildman–Crippen LogP) is 11.0. The van der Waals surface area contributed by atoms with E-state index in [0.717, 1.165) is 49.9 Å². The smallest absolute Gasteiger partial charge is 0.164 e. The summed E-state index contributed by atoms with van der Waals surface area (Å²) in [4.78, 5) is 22.8. The number of para-hydroxylation sites is 1. The monoisotopic (exact) mass is 653 g/mol. The van der Waals surface area contributed by atoms with Gasteiger partial charge >= 0.3 is 0 Å². The molecule has 1 aliphatic carbocycles. The van der Waals surface area contributed by atoms with Gasteiger partial charge < -0.3 is 4.90 Å². The maximum absolute atomic E-state index is 5.24. The van der Waals surface area contributed by atoms with Crippen LogP contribution in [0.25, 0.3) is 67.1 Å². The summed E-state index contributed by atoms with van der Waals surface area (Å²) >= 11 is 0. The first-order chi connectivity index (χ1) is 25.3. The molecule has 0 fully saturated rings. The van der Waals surface area contributed by atoms with Crippen molar-refractivity contribution in [1.82, 2.24) is 19.9 Å². The summed E-state index contributed by atoms with van der Waals surface area (Å²) in [6.07, 6.45) is 9.01. The standard InChI is InChI=1S/C46H31N5/c1-4-15-30(16-5-1)42-38-28-27-36-35-23-11-13-26-40(35)51(43(36)41(38)37-24-10-12-25-39(37)47-42)34-22-14-21-33(29-34)46-49-44(31-17-6-2-7-18-31)48-45(50-46)32-19-8-3-9-20-32/h1-29,35,40H. The van der Waals surface area contributed by atoms with Crippen LogP contribution in [-0.2, 0) is 0 Å². The van der Waals surface area contributed by atoms with Crippen LogP contribution in [0.5, 0.6) is 0 Å². The molecule has 0 saturated carbocycles. The summed E-state index contributed by atoms with van der Waals surface area (Å²) in [5.74, 6) is 2.14. The van der Waals surface area contributed by atoms with E-state index in [1.165, 1.54) is 16.6 Å². The average molecular weight is 654 g/mol. The number of fused-ring (bicyclic) bond motifs is 7. The van der Waals surface area contributed by atoms with Crippen molar-refractivity contribution in [3.8, 4) is 45.4 Å². The van der Waals surface area contributed by atoms with Crippen molar-refractivity contribution in [3.05, 3.63) is 182 Å². The summed E-state index contributed by atoms with van der Waals surface area (Å²) in [6.45, 7) is 0. The van der Waals surface area contributed by atoms with Gasteiger partial charge in [0, 0.05) is 50.0 Å². The third-order valence-electron chi connectivity index (χ3n) is 10.0. The van der Waals surface area contributed by atoms with E-state index in [0.29, 0.717) is 17.5 Å².